The lowest BCUT2D eigenvalue weighted by Crippen LogP contribution is -2.08. The van der Waals surface area contributed by atoms with E-state index in [-0.39, 0.29) is 17.8 Å². The van der Waals surface area contributed by atoms with Crippen LogP contribution in [-0.2, 0) is 6.42 Å². The lowest BCUT2D eigenvalue weighted by Gasteiger charge is -2.10. The Kier molecular flexibility index (Phi) is 3.62. The van der Waals surface area contributed by atoms with Crippen LogP contribution in [0.4, 0.5) is 8.78 Å². The normalized spacial score (nSPS) is 12.4. The molecule has 0 fully saturated rings. The molecule has 0 aliphatic carbocycles. The number of benzene rings is 1. The first-order valence-electron chi connectivity index (χ1n) is 5.47. The van der Waals surface area contributed by atoms with Gasteiger partial charge in [-0.15, -0.1) is 0 Å². The molecule has 2 rings (SSSR count). The highest BCUT2D eigenvalue weighted by Gasteiger charge is 2.14. The quantitative estimate of drug-likeness (QED) is 0.909. The fourth-order valence-corrected chi connectivity index (χ4v) is 1.56. The summed E-state index contributed by atoms with van der Waals surface area (Å²) in [5.74, 6) is -1.09. The Hall–Kier alpha value is -1.88. The van der Waals surface area contributed by atoms with Gasteiger partial charge in [-0.1, -0.05) is 6.07 Å². The minimum absolute atomic E-state index is 0.00910. The standard InChI is InChI=1S/C13H12F2N2O/c1-8-6-16-13(17-7-8)12(18)4-9-2-3-10(14)5-11(9)15/h2-3,5-7,12,18H,4H2,1H3. The first kappa shape index (κ1) is 12.6. The molecule has 0 amide bonds. The maximum absolute atomic E-state index is 13.4. The van der Waals surface area contributed by atoms with Crippen molar-refractivity contribution in [2.24, 2.45) is 0 Å². The van der Waals surface area contributed by atoms with Gasteiger partial charge in [-0.2, -0.15) is 0 Å². The van der Waals surface area contributed by atoms with E-state index < -0.39 is 17.7 Å². The van der Waals surface area contributed by atoms with Crippen LogP contribution in [0.1, 0.15) is 23.1 Å². The highest BCUT2D eigenvalue weighted by atomic mass is 19.1. The summed E-state index contributed by atoms with van der Waals surface area (Å²) in [5.41, 5.74) is 1.10. The third kappa shape index (κ3) is 2.87. The molecule has 1 heterocycles. The van der Waals surface area contributed by atoms with Crippen LogP contribution in [0, 0.1) is 18.6 Å². The van der Waals surface area contributed by atoms with E-state index in [0.29, 0.717) is 0 Å². The lowest BCUT2D eigenvalue weighted by molar-refractivity contribution is 0.167. The molecule has 1 aromatic heterocycles. The van der Waals surface area contributed by atoms with Gasteiger partial charge in [0.15, 0.2) is 5.82 Å². The van der Waals surface area contributed by atoms with E-state index in [4.69, 9.17) is 0 Å². The van der Waals surface area contributed by atoms with Crippen LogP contribution in [0.25, 0.3) is 0 Å². The van der Waals surface area contributed by atoms with Gasteiger partial charge in [-0.25, -0.2) is 18.7 Å². The van der Waals surface area contributed by atoms with Gasteiger partial charge in [0.05, 0.1) is 0 Å². The van der Waals surface area contributed by atoms with Crippen LogP contribution in [0.15, 0.2) is 30.6 Å². The van der Waals surface area contributed by atoms with Gasteiger partial charge in [-0.05, 0) is 24.1 Å². The number of aliphatic hydroxyl groups is 1. The number of aryl methyl sites for hydroxylation is 1. The van der Waals surface area contributed by atoms with Crippen LogP contribution < -0.4 is 0 Å². The zero-order valence-corrected chi connectivity index (χ0v) is 9.77. The van der Waals surface area contributed by atoms with Crippen molar-refractivity contribution in [2.75, 3.05) is 0 Å². The second-order valence-electron chi connectivity index (χ2n) is 4.07. The van der Waals surface area contributed by atoms with Crippen molar-refractivity contribution in [3.8, 4) is 0 Å². The minimum atomic E-state index is -1.01. The molecule has 0 aliphatic heterocycles. The van der Waals surface area contributed by atoms with Crippen LogP contribution in [0.3, 0.4) is 0 Å². The zero-order valence-electron chi connectivity index (χ0n) is 9.77. The van der Waals surface area contributed by atoms with Gasteiger partial charge < -0.3 is 5.11 Å². The highest BCUT2D eigenvalue weighted by Crippen LogP contribution is 2.18. The van der Waals surface area contributed by atoms with E-state index in [1.807, 2.05) is 6.92 Å². The summed E-state index contributed by atoms with van der Waals surface area (Å²) in [6.45, 7) is 1.83. The molecule has 1 aromatic carbocycles. The second kappa shape index (κ2) is 5.18. The summed E-state index contributed by atoms with van der Waals surface area (Å²) in [5, 5.41) is 9.87. The molecule has 0 saturated heterocycles. The Morgan fingerprint density at radius 1 is 1.22 bits per heavy atom. The molecule has 0 bridgehead atoms. The molecule has 0 aliphatic rings. The van der Waals surface area contributed by atoms with Crippen LogP contribution in [0.2, 0.25) is 0 Å². The Bertz CT molecular complexity index is 543. The topological polar surface area (TPSA) is 46.0 Å². The van der Waals surface area contributed by atoms with Gasteiger partial charge in [0, 0.05) is 24.9 Å². The summed E-state index contributed by atoms with van der Waals surface area (Å²) in [4.78, 5) is 7.93. The van der Waals surface area contributed by atoms with E-state index in [9.17, 15) is 13.9 Å². The third-order valence-corrected chi connectivity index (χ3v) is 2.53. The van der Waals surface area contributed by atoms with Crippen molar-refractivity contribution < 1.29 is 13.9 Å². The molecule has 1 atom stereocenters. The van der Waals surface area contributed by atoms with E-state index in [1.54, 1.807) is 12.4 Å². The summed E-state index contributed by atoms with van der Waals surface area (Å²) in [6.07, 6.45) is 2.15. The largest absolute Gasteiger partial charge is 0.385 e. The predicted octanol–water partition coefficient (Wildman–Crippen LogP) is 2.34. The number of aromatic nitrogens is 2. The van der Waals surface area contributed by atoms with Gasteiger partial charge in [0.1, 0.15) is 17.7 Å². The first-order valence-corrected chi connectivity index (χ1v) is 5.47. The van der Waals surface area contributed by atoms with Crippen molar-refractivity contribution in [2.45, 2.75) is 19.4 Å². The van der Waals surface area contributed by atoms with Gasteiger partial charge >= 0.3 is 0 Å². The van der Waals surface area contributed by atoms with Crippen LogP contribution >= 0.6 is 0 Å². The molecular formula is C13H12F2N2O. The minimum Gasteiger partial charge on any atom is -0.385 e. The molecule has 1 N–H and O–H groups in total. The monoisotopic (exact) mass is 250 g/mol. The summed E-state index contributed by atoms with van der Waals surface area (Å²) in [7, 11) is 0. The van der Waals surface area contributed by atoms with Gasteiger partial charge in [0.2, 0.25) is 0 Å². The SMILES string of the molecule is Cc1cnc(C(O)Cc2ccc(F)cc2F)nc1. The Balaban J connectivity index is 2.15. The predicted molar refractivity (Wildman–Crippen MR) is 61.8 cm³/mol. The van der Waals surface area contributed by atoms with Crippen molar-refractivity contribution in [1.29, 1.82) is 0 Å². The number of hydrogen-bond donors (Lipinski definition) is 1. The molecular weight excluding hydrogens is 238 g/mol. The van der Waals surface area contributed by atoms with Crippen molar-refractivity contribution >= 4 is 0 Å². The Morgan fingerprint density at radius 2 is 1.89 bits per heavy atom. The average molecular weight is 250 g/mol. The van der Waals surface area contributed by atoms with E-state index >= 15 is 0 Å². The first-order chi connectivity index (χ1) is 8.56. The maximum atomic E-state index is 13.4. The fourth-order valence-electron chi connectivity index (χ4n) is 1.56. The molecule has 1 unspecified atom stereocenters. The smallest absolute Gasteiger partial charge is 0.157 e. The molecule has 94 valence electrons. The van der Waals surface area contributed by atoms with Crippen LogP contribution in [-0.4, -0.2) is 15.1 Å². The number of aliphatic hydroxyl groups excluding tert-OH is 1. The summed E-state index contributed by atoms with van der Waals surface area (Å²) in [6, 6.07) is 3.25. The van der Waals surface area contributed by atoms with E-state index in [1.165, 1.54) is 6.07 Å². The molecule has 5 heteroatoms. The molecule has 3 nitrogen and oxygen atoms in total. The molecule has 0 saturated carbocycles. The summed E-state index contributed by atoms with van der Waals surface area (Å²) >= 11 is 0. The number of rotatable bonds is 3. The molecule has 0 radical (unpaired) electrons. The second-order valence-corrected chi connectivity index (χ2v) is 4.07. The summed E-state index contributed by atoms with van der Waals surface area (Å²) < 4.78 is 26.1. The maximum Gasteiger partial charge on any atom is 0.157 e. The van der Waals surface area contributed by atoms with Gasteiger partial charge in [-0.3, -0.25) is 0 Å². The molecule has 2 aromatic rings. The fraction of sp³-hybridized carbons (Fsp3) is 0.231. The van der Waals surface area contributed by atoms with Crippen molar-refractivity contribution in [3.63, 3.8) is 0 Å². The number of hydrogen-bond acceptors (Lipinski definition) is 3. The average Bonchev–Trinajstić information content (AvgIpc) is 2.33. The zero-order chi connectivity index (χ0) is 13.1. The lowest BCUT2D eigenvalue weighted by atomic mass is 10.1. The number of nitrogens with zero attached hydrogens (tertiary/aromatic N) is 2. The highest BCUT2D eigenvalue weighted by molar-refractivity contribution is 5.20. The molecule has 18 heavy (non-hydrogen) atoms. The Morgan fingerprint density at radius 3 is 2.50 bits per heavy atom. The van der Waals surface area contributed by atoms with Crippen molar-refractivity contribution in [3.05, 3.63) is 59.2 Å². The Labute approximate surface area is 103 Å². The van der Waals surface area contributed by atoms with E-state index in [0.717, 1.165) is 17.7 Å². The van der Waals surface area contributed by atoms with E-state index in [2.05, 4.69) is 9.97 Å². The van der Waals surface area contributed by atoms with Gasteiger partial charge in [0.25, 0.3) is 0 Å². The number of halogens is 2. The third-order valence-electron chi connectivity index (χ3n) is 2.53. The van der Waals surface area contributed by atoms with Crippen LogP contribution in [0.5, 0.6) is 0 Å². The van der Waals surface area contributed by atoms with Crippen molar-refractivity contribution in [1.82, 2.24) is 9.97 Å². The molecule has 0 spiro atoms.